The van der Waals surface area contributed by atoms with Crippen LogP contribution in [0, 0.1) is 11.3 Å². The van der Waals surface area contributed by atoms with Gasteiger partial charge in [0.1, 0.15) is 11.8 Å². The number of sulfonamides is 1. The van der Waals surface area contributed by atoms with Crippen molar-refractivity contribution in [1.82, 2.24) is 4.31 Å². The molecule has 0 aliphatic carbocycles. The predicted molar refractivity (Wildman–Crippen MR) is 95.3 cm³/mol. The van der Waals surface area contributed by atoms with E-state index in [1.54, 1.807) is 12.1 Å². The lowest BCUT2D eigenvalue weighted by Crippen LogP contribution is -2.48. The fourth-order valence-corrected chi connectivity index (χ4v) is 4.40. The fraction of sp³-hybridized carbons (Fsp3) is 0.278. The van der Waals surface area contributed by atoms with Crippen LogP contribution in [0.3, 0.4) is 0 Å². The number of piperazine rings is 1. The van der Waals surface area contributed by atoms with E-state index in [9.17, 15) is 26.9 Å². The summed E-state index contributed by atoms with van der Waals surface area (Å²) in [5.74, 6) is -0.482. The summed E-state index contributed by atoms with van der Waals surface area (Å²) in [5.41, 5.74) is 1.26. The van der Waals surface area contributed by atoms with Crippen molar-refractivity contribution in [3.63, 3.8) is 0 Å². The van der Waals surface area contributed by atoms with Gasteiger partial charge in [0, 0.05) is 26.2 Å². The number of ether oxygens (including phenoxy) is 1. The first-order valence-corrected chi connectivity index (χ1v) is 9.75. The van der Waals surface area contributed by atoms with Crippen molar-refractivity contribution >= 4 is 15.7 Å². The van der Waals surface area contributed by atoms with Crippen LogP contribution in [0.1, 0.15) is 5.56 Å². The van der Waals surface area contributed by atoms with Crippen LogP contribution in [0.15, 0.2) is 53.4 Å². The molecule has 1 aliphatic heterocycles. The normalized spacial score (nSPS) is 15.9. The highest BCUT2D eigenvalue weighted by Gasteiger charge is 2.32. The Morgan fingerprint density at radius 2 is 1.57 bits per heavy atom. The number of para-hydroxylation sites is 1. The Morgan fingerprint density at radius 3 is 2.14 bits per heavy atom. The van der Waals surface area contributed by atoms with E-state index in [4.69, 9.17) is 0 Å². The first-order valence-electron chi connectivity index (χ1n) is 8.31. The lowest BCUT2D eigenvalue weighted by atomic mass is 10.1. The summed E-state index contributed by atoms with van der Waals surface area (Å²) in [6.07, 6.45) is -4.84. The van der Waals surface area contributed by atoms with E-state index in [1.807, 2.05) is 17.0 Å². The topological polar surface area (TPSA) is 73.6 Å². The molecule has 0 aromatic heterocycles. The fourth-order valence-electron chi connectivity index (χ4n) is 2.98. The molecule has 3 rings (SSSR count). The maximum atomic E-state index is 12.7. The maximum absolute atomic E-state index is 12.7. The lowest BCUT2D eigenvalue weighted by molar-refractivity contribution is -0.274. The molecule has 1 aliphatic rings. The Morgan fingerprint density at radius 1 is 0.964 bits per heavy atom. The van der Waals surface area contributed by atoms with E-state index in [0.717, 1.165) is 30.0 Å². The number of nitrogens with zero attached hydrogens (tertiary/aromatic N) is 3. The van der Waals surface area contributed by atoms with E-state index in [-0.39, 0.29) is 18.0 Å². The van der Waals surface area contributed by atoms with E-state index >= 15 is 0 Å². The number of hydrogen-bond donors (Lipinski definition) is 0. The molecule has 1 heterocycles. The first kappa shape index (κ1) is 20.0. The molecule has 0 N–H and O–H groups in total. The third-order valence-electron chi connectivity index (χ3n) is 4.30. The van der Waals surface area contributed by atoms with Gasteiger partial charge in [-0.3, -0.25) is 0 Å². The minimum Gasteiger partial charge on any atom is -0.406 e. The van der Waals surface area contributed by atoms with Crippen molar-refractivity contribution in [2.75, 3.05) is 31.1 Å². The highest BCUT2D eigenvalue weighted by Crippen LogP contribution is 2.27. The molecule has 0 unspecified atom stereocenters. The second-order valence-electron chi connectivity index (χ2n) is 6.04. The van der Waals surface area contributed by atoms with Crippen molar-refractivity contribution in [2.45, 2.75) is 11.3 Å². The zero-order valence-corrected chi connectivity index (χ0v) is 15.4. The number of anilines is 1. The summed E-state index contributed by atoms with van der Waals surface area (Å²) in [4.78, 5) is 1.83. The lowest BCUT2D eigenvalue weighted by Gasteiger charge is -2.35. The molecule has 0 bridgehead atoms. The quantitative estimate of drug-likeness (QED) is 0.774. The van der Waals surface area contributed by atoms with Gasteiger partial charge in [0.2, 0.25) is 10.0 Å². The number of alkyl halides is 3. The number of hydrogen-bond acceptors (Lipinski definition) is 5. The molecular formula is C18H16F3N3O3S. The molecule has 0 amide bonds. The Hall–Kier alpha value is -2.77. The molecule has 0 saturated carbocycles. The number of halogens is 3. The van der Waals surface area contributed by atoms with Crippen molar-refractivity contribution < 1.29 is 26.3 Å². The van der Waals surface area contributed by atoms with Crippen LogP contribution in [-0.2, 0) is 10.0 Å². The first-order chi connectivity index (χ1) is 13.2. The van der Waals surface area contributed by atoms with Crippen LogP contribution in [0.25, 0.3) is 0 Å². The molecule has 6 nitrogen and oxygen atoms in total. The third kappa shape index (κ3) is 4.37. The van der Waals surface area contributed by atoms with Gasteiger partial charge in [0.25, 0.3) is 0 Å². The molecule has 0 spiro atoms. The Kier molecular flexibility index (Phi) is 5.49. The molecular weight excluding hydrogens is 395 g/mol. The van der Waals surface area contributed by atoms with Gasteiger partial charge < -0.3 is 9.64 Å². The average molecular weight is 411 g/mol. The minimum atomic E-state index is -4.84. The van der Waals surface area contributed by atoms with Crippen LogP contribution in [0.5, 0.6) is 5.75 Å². The van der Waals surface area contributed by atoms with Crippen LogP contribution < -0.4 is 9.64 Å². The summed E-state index contributed by atoms with van der Waals surface area (Å²) >= 11 is 0. The summed E-state index contributed by atoms with van der Waals surface area (Å²) in [5, 5.41) is 9.21. The highest BCUT2D eigenvalue weighted by molar-refractivity contribution is 7.89. The largest absolute Gasteiger partial charge is 0.573 e. The van der Waals surface area contributed by atoms with Gasteiger partial charge in [0.15, 0.2) is 0 Å². The summed E-state index contributed by atoms with van der Waals surface area (Å²) in [6, 6.07) is 13.3. The Bertz CT molecular complexity index is 978. The molecule has 28 heavy (non-hydrogen) atoms. The van der Waals surface area contributed by atoms with Crippen LogP contribution in [0.4, 0.5) is 18.9 Å². The zero-order chi connectivity index (χ0) is 20.4. The molecule has 0 radical (unpaired) electrons. The van der Waals surface area contributed by atoms with Gasteiger partial charge >= 0.3 is 6.36 Å². The third-order valence-corrected chi connectivity index (χ3v) is 6.21. The summed E-state index contributed by atoms with van der Waals surface area (Å²) < 4.78 is 67.2. The summed E-state index contributed by atoms with van der Waals surface area (Å²) in [7, 11) is -3.84. The van der Waals surface area contributed by atoms with Crippen molar-refractivity contribution in [1.29, 1.82) is 5.26 Å². The number of benzene rings is 2. The van der Waals surface area contributed by atoms with Gasteiger partial charge in [-0.2, -0.15) is 9.57 Å². The summed E-state index contributed by atoms with van der Waals surface area (Å²) in [6.45, 7) is 1.19. The van der Waals surface area contributed by atoms with Crippen molar-refractivity contribution in [2.24, 2.45) is 0 Å². The Balaban J connectivity index is 1.70. The molecule has 10 heteroatoms. The van der Waals surface area contributed by atoms with E-state index < -0.39 is 22.1 Å². The molecule has 1 fully saturated rings. The van der Waals surface area contributed by atoms with Gasteiger partial charge in [0.05, 0.1) is 16.1 Å². The maximum Gasteiger partial charge on any atom is 0.573 e. The molecule has 1 saturated heterocycles. The van der Waals surface area contributed by atoms with E-state index in [1.165, 1.54) is 4.31 Å². The zero-order valence-electron chi connectivity index (χ0n) is 14.6. The molecule has 2 aromatic rings. The Labute approximate surface area is 160 Å². The number of nitriles is 1. The van der Waals surface area contributed by atoms with E-state index in [0.29, 0.717) is 18.7 Å². The predicted octanol–water partition coefficient (Wildman–Crippen LogP) is 2.97. The second-order valence-corrected chi connectivity index (χ2v) is 7.98. The number of rotatable bonds is 4. The SMILES string of the molecule is N#Cc1ccccc1N1CCN(S(=O)(=O)c2ccc(OC(F)(F)F)cc2)CC1. The molecule has 0 atom stereocenters. The van der Waals surface area contributed by atoms with Gasteiger partial charge in [-0.05, 0) is 36.4 Å². The van der Waals surface area contributed by atoms with E-state index in [2.05, 4.69) is 10.8 Å². The van der Waals surface area contributed by atoms with Crippen molar-refractivity contribution in [3.8, 4) is 11.8 Å². The highest BCUT2D eigenvalue weighted by atomic mass is 32.2. The second kappa shape index (κ2) is 7.69. The van der Waals surface area contributed by atoms with Gasteiger partial charge in [-0.1, -0.05) is 12.1 Å². The molecule has 2 aromatic carbocycles. The minimum absolute atomic E-state index is 0.104. The van der Waals surface area contributed by atoms with Gasteiger partial charge in [-0.15, -0.1) is 13.2 Å². The van der Waals surface area contributed by atoms with Crippen LogP contribution >= 0.6 is 0 Å². The van der Waals surface area contributed by atoms with Crippen LogP contribution in [0.2, 0.25) is 0 Å². The average Bonchev–Trinajstić information content (AvgIpc) is 2.67. The van der Waals surface area contributed by atoms with Crippen molar-refractivity contribution in [3.05, 3.63) is 54.1 Å². The monoisotopic (exact) mass is 411 g/mol. The van der Waals surface area contributed by atoms with Crippen LogP contribution in [-0.4, -0.2) is 45.3 Å². The standard InChI is InChI=1S/C18H16F3N3O3S/c19-18(20,21)27-15-5-7-16(8-6-15)28(25,26)24-11-9-23(10-12-24)17-4-2-1-3-14(17)13-22/h1-8H,9-12H2. The smallest absolute Gasteiger partial charge is 0.406 e. The molecule has 148 valence electrons. The van der Waals surface area contributed by atoms with Gasteiger partial charge in [-0.25, -0.2) is 8.42 Å².